The summed E-state index contributed by atoms with van der Waals surface area (Å²) in [5.41, 5.74) is 2.56. The Morgan fingerprint density at radius 2 is 1.75 bits per heavy atom. The Labute approximate surface area is 124 Å². The van der Waals surface area contributed by atoms with Crippen molar-refractivity contribution in [3.05, 3.63) is 46.8 Å². The van der Waals surface area contributed by atoms with Crippen LogP contribution in [0.25, 0.3) is 10.4 Å². The average Bonchev–Trinajstić information content (AvgIpc) is 2.86. The van der Waals surface area contributed by atoms with Gasteiger partial charge >= 0.3 is 0 Å². The van der Waals surface area contributed by atoms with Crippen LogP contribution in [-0.2, 0) is 16.8 Å². The molecule has 1 heterocycles. The van der Waals surface area contributed by atoms with Crippen molar-refractivity contribution in [2.24, 2.45) is 0 Å². The molecule has 0 unspecified atom stereocenters. The number of benzene rings is 1. The molecule has 0 fully saturated rings. The highest BCUT2D eigenvalue weighted by Crippen LogP contribution is 2.34. The van der Waals surface area contributed by atoms with Crippen molar-refractivity contribution >= 4 is 17.2 Å². The van der Waals surface area contributed by atoms with Gasteiger partial charge in [-0.05, 0) is 28.7 Å². The SMILES string of the molecule is CC(=O)NCc1ccc(-c2ccc(C(C)(C)C)s2)cc1. The minimum absolute atomic E-state index is 0.00199. The van der Waals surface area contributed by atoms with Gasteiger partial charge in [0.1, 0.15) is 0 Å². The van der Waals surface area contributed by atoms with Crippen LogP contribution in [0.2, 0.25) is 0 Å². The molecule has 1 aromatic carbocycles. The van der Waals surface area contributed by atoms with Crippen molar-refractivity contribution in [3.63, 3.8) is 0 Å². The lowest BCUT2D eigenvalue weighted by molar-refractivity contribution is -0.119. The van der Waals surface area contributed by atoms with E-state index in [1.54, 1.807) is 0 Å². The molecule has 20 heavy (non-hydrogen) atoms. The molecule has 0 radical (unpaired) electrons. The average molecular weight is 287 g/mol. The minimum Gasteiger partial charge on any atom is -0.352 e. The van der Waals surface area contributed by atoms with E-state index in [1.165, 1.54) is 22.2 Å². The third-order valence-electron chi connectivity index (χ3n) is 3.13. The van der Waals surface area contributed by atoms with Gasteiger partial charge in [0.05, 0.1) is 0 Å². The van der Waals surface area contributed by atoms with E-state index in [9.17, 15) is 4.79 Å². The summed E-state index contributed by atoms with van der Waals surface area (Å²) in [5, 5.41) is 2.81. The lowest BCUT2D eigenvalue weighted by Gasteiger charge is -2.15. The van der Waals surface area contributed by atoms with Gasteiger partial charge in [-0.15, -0.1) is 11.3 Å². The van der Waals surface area contributed by atoms with Crippen LogP contribution >= 0.6 is 11.3 Å². The van der Waals surface area contributed by atoms with Gasteiger partial charge in [0, 0.05) is 23.2 Å². The molecule has 0 spiro atoms. The highest BCUT2D eigenvalue weighted by atomic mass is 32.1. The van der Waals surface area contributed by atoms with Gasteiger partial charge in [-0.25, -0.2) is 0 Å². The zero-order valence-corrected chi connectivity index (χ0v) is 13.3. The molecule has 0 saturated heterocycles. The maximum absolute atomic E-state index is 10.9. The molecule has 0 bridgehead atoms. The molecule has 1 N–H and O–H groups in total. The van der Waals surface area contributed by atoms with Crippen molar-refractivity contribution in [1.82, 2.24) is 5.32 Å². The van der Waals surface area contributed by atoms with Gasteiger partial charge in [0.2, 0.25) is 5.91 Å². The molecule has 1 amide bonds. The first-order valence-electron chi connectivity index (χ1n) is 6.80. The Balaban J connectivity index is 2.14. The third kappa shape index (κ3) is 3.70. The fourth-order valence-electron chi connectivity index (χ4n) is 1.91. The minimum atomic E-state index is 0.00199. The second-order valence-electron chi connectivity index (χ2n) is 6.02. The maximum atomic E-state index is 10.9. The maximum Gasteiger partial charge on any atom is 0.217 e. The van der Waals surface area contributed by atoms with Gasteiger partial charge in [-0.3, -0.25) is 4.79 Å². The zero-order chi connectivity index (χ0) is 14.8. The summed E-state index contributed by atoms with van der Waals surface area (Å²) in [4.78, 5) is 13.6. The van der Waals surface area contributed by atoms with Crippen molar-refractivity contribution < 1.29 is 4.79 Å². The predicted octanol–water partition coefficient (Wildman–Crippen LogP) is 4.35. The summed E-state index contributed by atoms with van der Waals surface area (Å²) in [6.45, 7) is 8.83. The molecule has 2 rings (SSSR count). The van der Waals surface area contributed by atoms with Gasteiger partial charge in [-0.1, -0.05) is 45.0 Å². The number of nitrogens with one attached hydrogen (secondary N) is 1. The van der Waals surface area contributed by atoms with E-state index in [0.29, 0.717) is 6.54 Å². The Morgan fingerprint density at radius 1 is 1.10 bits per heavy atom. The Morgan fingerprint density at radius 3 is 2.25 bits per heavy atom. The van der Waals surface area contributed by atoms with Crippen LogP contribution in [0, 0.1) is 0 Å². The summed E-state index contributed by atoms with van der Waals surface area (Å²) in [7, 11) is 0. The normalized spacial score (nSPS) is 11.4. The van der Waals surface area contributed by atoms with Crippen molar-refractivity contribution in [1.29, 1.82) is 0 Å². The van der Waals surface area contributed by atoms with E-state index >= 15 is 0 Å². The highest BCUT2D eigenvalue weighted by Gasteiger charge is 2.16. The quantitative estimate of drug-likeness (QED) is 0.893. The summed E-state index contributed by atoms with van der Waals surface area (Å²) in [6, 6.07) is 12.8. The molecule has 0 aliphatic carbocycles. The molecule has 106 valence electrons. The lowest BCUT2D eigenvalue weighted by Crippen LogP contribution is -2.18. The number of amides is 1. The number of carbonyl (C=O) groups excluding carboxylic acids is 1. The first-order chi connectivity index (χ1) is 9.36. The van der Waals surface area contributed by atoms with Crippen molar-refractivity contribution in [2.75, 3.05) is 0 Å². The second kappa shape index (κ2) is 5.80. The number of hydrogen-bond acceptors (Lipinski definition) is 2. The molecular formula is C17H21NOS. The fourth-order valence-corrected chi connectivity index (χ4v) is 2.98. The topological polar surface area (TPSA) is 29.1 Å². The molecular weight excluding hydrogens is 266 g/mol. The van der Waals surface area contributed by atoms with Crippen LogP contribution in [-0.4, -0.2) is 5.91 Å². The van der Waals surface area contributed by atoms with Gasteiger partial charge < -0.3 is 5.32 Å². The van der Waals surface area contributed by atoms with Crippen LogP contribution in [0.5, 0.6) is 0 Å². The van der Waals surface area contributed by atoms with E-state index < -0.39 is 0 Å². The van der Waals surface area contributed by atoms with Gasteiger partial charge in [-0.2, -0.15) is 0 Å². The first kappa shape index (κ1) is 14.8. The molecule has 2 aromatic rings. The van der Waals surface area contributed by atoms with Crippen molar-refractivity contribution in [3.8, 4) is 10.4 Å². The highest BCUT2D eigenvalue weighted by molar-refractivity contribution is 7.15. The first-order valence-corrected chi connectivity index (χ1v) is 7.62. The predicted molar refractivity (Wildman–Crippen MR) is 86.0 cm³/mol. The van der Waals surface area contributed by atoms with Gasteiger partial charge in [0.15, 0.2) is 0 Å². The molecule has 0 aliphatic rings. The number of carbonyl (C=O) groups is 1. The van der Waals surface area contributed by atoms with E-state index in [-0.39, 0.29) is 11.3 Å². The molecule has 0 saturated carbocycles. The standard InChI is InChI=1S/C17H21NOS/c1-12(19)18-11-13-5-7-14(8-6-13)15-9-10-16(20-15)17(2,3)4/h5-10H,11H2,1-4H3,(H,18,19). The molecule has 2 nitrogen and oxygen atoms in total. The number of rotatable bonds is 3. The van der Waals surface area contributed by atoms with Crippen LogP contribution in [0.3, 0.4) is 0 Å². The van der Waals surface area contributed by atoms with Crippen molar-refractivity contribution in [2.45, 2.75) is 39.7 Å². The molecule has 3 heteroatoms. The lowest BCUT2D eigenvalue weighted by atomic mass is 9.95. The fraction of sp³-hybridized carbons (Fsp3) is 0.353. The smallest absolute Gasteiger partial charge is 0.217 e. The Kier molecular flexibility index (Phi) is 4.29. The Hall–Kier alpha value is -1.61. The summed E-state index contributed by atoms with van der Waals surface area (Å²) >= 11 is 1.85. The largest absolute Gasteiger partial charge is 0.352 e. The van der Waals surface area contributed by atoms with E-state index in [4.69, 9.17) is 0 Å². The van der Waals surface area contributed by atoms with Crippen LogP contribution in [0.15, 0.2) is 36.4 Å². The summed E-state index contributed by atoms with van der Waals surface area (Å²) in [5.74, 6) is 0.00199. The third-order valence-corrected chi connectivity index (χ3v) is 4.69. The van der Waals surface area contributed by atoms with Crippen LogP contribution in [0.1, 0.15) is 38.1 Å². The number of thiophene rings is 1. The Bertz CT molecular complexity index is 590. The molecule has 0 aliphatic heterocycles. The zero-order valence-electron chi connectivity index (χ0n) is 12.5. The van der Waals surface area contributed by atoms with E-state index in [0.717, 1.165) is 5.56 Å². The number of hydrogen-bond donors (Lipinski definition) is 1. The second-order valence-corrected chi connectivity index (χ2v) is 7.10. The van der Waals surface area contributed by atoms with Crippen LogP contribution < -0.4 is 5.32 Å². The molecule has 0 atom stereocenters. The molecule has 1 aromatic heterocycles. The monoisotopic (exact) mass is 287 g/mol. The van der Waals surface area contributed by atoms with Crippen LogP contribution in [0.4, 0.5) is 0 Å². The summed E-state index contributed by atoms with van der Waals surface area (Å²) in [6.07, 6.45) is 0. The van der Waals surface area contributed by atoms with Gasteiger partial charge in [0.25, 0.3) is 0 Å². The summed E-state index contributed by atoms with van der Waals surface area (Å²) < 4.78 is 0. The van der Waals surface area contributed by atoms with E-state index in [2.05, 4.69) is 62.5 Å². The van der Waals surface area contributed by atoms with E-state index in [1.807, 2.05) is 11.3 Å².